The third kappa shape index (κ3) is 4.94. The van der Waals surface area contributed by atoms with Crippen molar-refractivity contribution in [2.45, 2.75) is 13.5 Å². The van der Waals surface area contributed by atoms with E-state index in [1.54, 1.807) is 54.6 Å². The van der Waals surface area contributed by atoms with Gasteiger partial charge in [0.15, 0.2) is 0 Å². The second-order valence-electron chi connectivity index (χ2n) is 7.61. The third-order valence-corrected chi connectivity index (χ3v) is 5.47. The molecule has 0 saturated carbocycles. The quantitative estimate of drug-likeness (QED) is 0.404. The lowest BCUT2D eigenvalue weighted by Crippen LogP contribution is -2.54. The van der Waals surface area contributed by atoms with E-state index < -0.39 is 17.8 Å². The fraction of sp³-hybridized carbons (Fsp3) is 0.115. The average molecular weight is 477 g/mol. The Morgan fingerprint density at radius 2 is 1.68 bits per heavy atom. The van der Waals surface area contributed by atoms with Gasteiger partial charge in [-0.05, 0) is 55.0 Å². The number of nitrogens with one attached hydrogen (secondary N) is 1. The molecule has 0 aliphatic carbocycles. The molecule has 1 N–H and O–H groups in total. The molecule has 1 saturated heterocycles. The van der Waals surface area contributed by atoms with Crippen molar-refractivity contribution in [3.05, 3.63) is 94.0 Å². The van der Waals surface area contributed by atoms with Crippen LogP contribution in [-0.4, -0.2) is 25.0 Å². The Morgan fingerprint density at radius 3 is 2.35 bits per heavy atom. The Labute approximate surface area is 201 Å². The van der Waals surface area contributed by atoms with Crippen LogP contribution in [-0.2, 0) is 16.2 Å². The summed E-state index contributed by atoms with van der Waals surface area (Å²) < 4.78 is 11.3. The van der Waals surface area contributed by atoms with E-state index in [-0.39, 0.29) is 12.2 Å². The number of hydrogen-bond donors (Lipinski definition) is 1. The van der Waals surface area contributed by atoms with Crippen LogP contribution in [0.1, 0.15) is 16.7 Å². The summed E-state index contributed by atoms with van der Waals surface area (Å²) in [4.78, 5) is 39.1. The van der Waals surface area contributed by atoms with Crippen LogP contribution in [0.3, 0.4) is 0 Å². The van der Waals surface area contributed by atoms with Crippen LogP contribution in [0.2, 0.25) is 5.02 Å². The van der Waals surface area contributed by atoms with Crippen molar-refractivity contribution in [2.24, 2.45) is 0 Å². The molecule has 0 unspecified atom stereocenters. The average Bonchev–Trinajstić information content (AvgIpc) is 2.83. The topological polar surface area (TPSA) is 84.9 Å². The van der Waals surface area contributed by atoms with Crippen LogP contribution in [0.15, 0.2) is 72.3 Å². The molecule has 8 heteroatoms. The molecule has 0 atom stereocenters. The summed E-state index contributed by atoms with van der Waals surface area (Å²) in [6, 6.07) is 18.3. The highest BCUT2D eigenvalue weighted by Gasteiger charge is 2.37. The number of nitrogens with zero attached hydrogens (tertiary/aromatic N) is 1. The fourth-order valence-corrected chi connectivity index (χ4v) is 3.49. The van der Waals surface area contributed by atoms with Gasteiger partial charge in [0.1, 0.15) is 23.7 Å². The number of carbonyl (C=O) groups excluding carboxylic acids is 3. The Hall–Kier alpha value is -4.10. The summed E-state index contributed by atoms with van der Waals surface area (Å²) in [5.74, 6) is -0.555. The Kier molecular flexibility index (Phi) is 6.65. The number of halogens is 1. The van der Waals surface area contributed by atoms with Crippen LogP contribution in [0.5, 0.6) is 11.5 Å². The molecule has 0 bridgehead atoms. The van der Waals surface area contributed by atoms with E-state index >= 15 is 0 Å². The molecule has 34 heavy (non-hydrogen) atoms. The number of anilines is 1. The van der Waals surface area contributed by atoms with E-state index in [0.717, 1.165) is 16.0 Å². The molecule has 4 rings (SSSR count). The number of urea groups is 1. The summed E-state index contributed by atoms with van der Waals surface area (Å²) >= 11 is 5.94. The van der Waals surface area contributed by atoms with Gasteiger partial charge in [-0.1, -0.05) is 41.4 Å². The van der Waals surface area contributed by atoms with Gasteiger partial charge in [-0.2, -0.15) is 0 Å². The zero-order valence-electron chi connectivity index (χ0n) is 18.5. The van der Waals surface area contributed by atoms with Gasteiger partial charge in [0, 0.05) is 16.7 Å². The lowest BCUT2D eigenvalue weighted by atomic mass is 10.1. The van der Waals surface area contributed by atoms with Crippen molar-refractivity contribution >= 4 is 41.2 Å². The van der Waals surface area contributed by atoms with Gasteiger partial charge in [0.05, 0.1) is 12.8 Å². The highest BCUT2D eigenvalue weighted by Crippen LogP contribution is 2.29. The van der Waals surface area contributed by atoms with E-state index in [2.05, 4.69) is 5.32 Å². The molecule has 4 amide bonds. The van der Waals surface area contributed by atoms with Gasteiger partial charge in [-0.3, -0.25) is 14.9 Å². The monoisotopic (exact) mass is 476 g/mol. The van der Waals surface area contributed by atoms with Gasteiger partial charge in [-0.25, -0.2) is 9.69 Å². The van der Waals surface area contributed by atoms with Gasteiger partial charge >= 0.3 is 6.03 Å². The highest BCUT2D eigenvalue weighted by atomic mass is 35.5. The number of hydrogen-bond acceptors (Lipinski definition) is 5. The predicted molar refractivity (Wildman–Crippen MR) is 129 cm³/mol. The fourth-order valence-electron chi connectivity index (χ4n) is 3.37. The molecule has 3 aromatic rings. The molecule has 7 nitrogen and oxygen atoms in total. The largest absolute Gasteiger partial charge is 0.497 e. The van der Waals surface area contributed by atoms with Gasteiger partial charge < -0.3 is 9.47 Å². The molecule has 0 radical (unpaired) electrons. The molecule has 1 fully saturated rings. The first-order valence-corrected chi connectivity index (χ1v) is 10.8. The molecule has 1 heterocycles. The number of methoxy groups -OCH3 is 1. The molecule has 0 spiro atoms. The minimum atomic E-state index is -0.801. The van der Waals surface area contributed by atoms with Crippen molar-refractivity contribution in [1.29, 1.82) is 0 Å². The van der Waals surface area contributed by atoms with Gasteiger partial charge in [0.2, 0.25) is 0 Å². The first kappa shape index (κ1) is 23.1. The molecule has 0 aromatic heterocycles. The van der Waals surface area contributed by atoms with Crippen molar-refractivity contribution in [1.82, 2.24) is 5.32 Å². The molecule has 172 valence electrons. The number of barbiturate groups is 1. The van der Waals surface area contributed by atoms with Crippen molar-refractivity contribution in [3.63, 3.8) is 0 Å². The van der Waals surface area contributed by atoms with Crippen LogP contribution in [0, 0.1) is 6.92 Å². The smallest absolute Gasteiger partial charge is 0.335 e. The number of ether oxygens (including phenoxy) is 2. The first-order chi connectivity index (χ1) is 16.4. The van der Waals surface area contributed by atoms with Gasteiger partial charge in [0.25, 0.3) is 11.8 Å². The SMILES string of the molecule is COc1ccc(/C=C2\C(=O)NC(=O)N(c3ccc(C)cc3)C2=O)c(OCc2ccc(Cl)cc2)c1. The van der Waals surface area contributed by atoms with Crippen LogP contribution in [0.4, 0.5) is 10.5 Å². The number of aryl methyl sites for hydroxylation is 1. The lowest BCUT2D eigenvalue weighted by Gasteiger charge is -2.26. The lowest BCUT2D eigenvalue weighted by molar-refractivity contribution is -0.122. The van der Waals surface area contributed by atoms with Crippen LogP contribution >= 0.6 is 11.6 Å². The minimum Gasteiger partial charge on any atom is -0.497 e. The molecular formula is C26H21ClN2O5. The zero-order valence-corrected chi connectivity index (χ0v) is 19.3. The molecule has 3 aromatic carbocycles. The second kappa shape index (κ2) is 9.80. The van der Waals surface area contributed by atoms with E-state index in [9.17, 15) is 14.4 Å². The van der Waals surface area contributed by atoms with E-state index in [1.807, 2.05) is 19.1 Å². The summed E-state index contributed by atoms with van der Waals surface area (Å²) in [6.07, 6.45) is 1.40. The maximum Gasteiger partial charge on any atom is 0.335 e. The number of rotatable bonds is 6. The number of carbonyl (C=O) groups is 3. The van der Waals surface area contributed by atoms with Crippen molar-refractivity contribution in [3.8, 4) is 11.5 Å². The third-order valence-electron chi connectivity index (χ3n) is 5.22. The summed E-state index contributed by atoms with van der Waals surface area (Å²) in [7, 11) is 1.53. The summed E-state index contributed by atoms with van der Waals surface area (Å²) in [5.41, 5.74) is 2.50. The zero-order chi connectivity index (χ0) is 24.2. The molecule has 1 aliphatic rings. The maximum absolute atomic E-state index is 13.2. The second-order valence-corrected chi connectivity index (χ2v) is 8.05. The van der Waals surface area contributed by atoms with Crippen molar-refractivity contribution in [2.75, 3.05) is 12.0 Å². The summed E-state index contributed by atoms with van der Waals surface area (Å²) in [5, 5.41) is 2.85. The molecule has 1 aliphatic heterocycles. The van der Waals surface area contributed by atoms with Crippen LogP contribution in [0.25, 0.3) is 6.08 Å². The van der Waals surface area contributed by atoms with E-state index in [1.165, 1.54) is 13.2 Å². The minimum absolute atomic E-state index is 0.193. The maximum atomic E-state index is 13.2. The van der Waals surface area contributed by atoms with Crippen molar-refractivity contribution < 1.29 is 23.9 Å². The number of benzene rings is 3. The molecular weight excluding hydrogens is 456 g/mol. The van der Waals surface area contributed by atoms with Gasteiger partial charge in [-0.15, -0.1) is 0 Å². The van der Waals surface area contributed by atoms with Crippen LogP contribution < -0.4 is 19.7 Å². The Bertz CT molecular complexity index is 1280. The standard InChI is InChI=1S/C26H21ClN2O5/c1-16-3-10-20(11-4-16)29-25(31)22(24(30)28-26(29)32)13-18-7-12-21(33-2)14-23(18)34-15-17-5-8-19(27)9-6-17/h3-14H,15H2,1-2H3,(H,28,30,32)/b22-13+. The van der Waals surface area contributed by atoms with E-state index in [4.69, 9.17) is 21.1 Å². The predicted octanol–water partition coefficient (Wildman–Crippen LogP) is 4.90. The Balaban J connectivity index is 1.67. The first-order valence-electron chi connectivity index (χ1n) is 10.4. The highest BCUT2D eigenvalue weighted by molar-refractivity contribution is 6.39. The van der Waals surface area contributed by atoms with E-state index in [0.29, 0.717) is 27.8 Å². The number of imide groups is 2. The normalized spacial score (nSPS) is 14.9. The Morgan fingerprint density at radius 1 is 0.971 bits per heavy atom. The number of amides is 4. The summed E-state index contributed by atoms with van der Waals surface area (Å²) in [6.45, 7) is 2.13.